The molecule has 0 aromatic rings. The lowest BCUT2D eigenvalue weighted by atomic mass is 10.1. The molecule has 1 atom stereocenters. The number of alkyl halides is 3. The molecule has 0 aromatic carbocycles. The predicted molar refractivity (Wildman–Crippen MR) is 58.3 cm³/mol. The van der Waals surface area contributed by atoms with Crippen molar-refractivity contribution in [1.82, 2.24) is 4.90 Å². The summed E-state index contributed by atoms with van der Waals surface area (Å²) in [4.78, 5) is 1.43. The summed E-state index contributed by atoms with van der Waals surface area (Å²) in [5.74, 6) is 0. The summed E-state index contributed by atoms with van der Waals surface area (Å²) in [6.07, 6.45) is -1.60. The van der Waals surface area contributed by atoms with Gasteiger partial charge in [-0.3, -0.25) is 4.90 Å². The van der Waals surface area contributed by atoms with Crippen LogP contribution in [-0.4, -0.2) is 41.9 Å². The molecule has 0 saturated carbocycles. The second-order valence-corrected chi connectivity index (χ2v) is 4.24. The van der Waals surface area contributed by atoms with E-state index in [1.165, 1.54) is 4.90 Å². The van der Waals surface area contributed by atoms with E-state index in [1.807, 2.05) is 6.92 Å². The second kappa shape index (κ2) is 7.90. The van der Waals surface area contributed by atoms with Crippen molar-refractivity contribution in [1.29, 1.82) is 0 Å². The van der Waals surface area contributed by atoms with Gasteiger partial charge < -0.3 is 5.11 Å². The van der Waals surface area contributed by atoms with Gasteiger partial charge in [0.25, 0.3) is 0 Å². The number of unbranched alkanes of at least 4 members (excludes halogenated alkanes) is 1. The molecule has 0 aromatic heterocycles. The molecule has 5 heteroatoms. The summed E-state index contributed by atoms with van der Waals surface area (Å²) in [7, 11) is 0. The Labute approximate surface area is 95.4 Å². The van der Waals surface area contributed by atoms with E-state index in [0.29, 0.717) is 25.9 Å². The molecule has 1 unspecified atom stereocenters. The van der Waals surface area contributed by atoms with Crippen molar-refractivity contribution >= 4 is 0 Å². The van der Waals surface area contributed by atoms with Gasteiger partial charge in [0.15, 0.2) is 0 Å². The van der Waals surface area contributed by atoms with Crippen LogP contribution >= 0.6 is 0 Å². The van der Waals surface area contributed by atoms with Crippen LogP contribution in [0.4, 0.5) is 13.2 Å². The van der Waals surface area contributed by atoms with Crippen LogP contribution in [0.1, 0.15) is 39.5 Å². The highest BCUT2D eigenvalue weighted by atomic mass is 19.4. The fourth-order valence-corrected chi connectivity index (χ4v) is 1.61. The normalized spacial score (nSPS) is 14.4. The maximum absolute atomic E-state index is 12.2. The van der Waals surface area contributed by atoms with E-state index in [-0.39, 0.29) is 6.10 Å². The highest BCUT2D eigenvalue weighted by Crippen LogP contribution is 2.17. The van der Waals surface area contributed by atoms with Crippen molar-refractivity contribution in [2.45, 2.75) is 51.8 Å². The third-order valence-corrected chi connectivity index (χ3v) is 2.29. The zero-order valence-electron chi connectivity index (χ0n) is 10.1. The first-order valence-corrected chi connectivity index (χ1v) is 5.82. The molecule has 0 radical (unpaired) electrons. The first kappa shape index (κ1) is 15.7. The minimum atomic E-state index is -4.11. The van der Waals surface area contributed by atoms with Gasteiger partial charge in [-0.15, -0.1) is 0 Å². The van der Waals surface area contributed by atoms with Crippen LogP contribution in [0, 0.1) is 0 Å². The zero-order chi connectivity index (χ0) is 12.6. The lowest BCUT2D eigenvalue weighted by Crippen LogP contribution is -2.35. The standard InChI is InChI=1S/C11H22F3NO/c1-3-7-15(9-11(12,13)14)8-5-4-6-10(2)16/h10,16H,3-9H2,1-2H3. The molecular formula is C11H22F3NO. The van der Waals surface area contributed by atoms with Gasteiger partial charge in [0.2, 0.25) is 0 Å². The minimum absolute atomic E-state index is 0.359. The van der Waals surface area contributed by atoms with Crippen LogP contribution in [0.15, 0.2) is 0 Å². The molecule has 0 amide bonds. The predicted octanol–water partition coefficient (Wildman–Crippen LogP) is 2.81. The number of nitrogens with zero attached hydrogens (tertiary/aromatic N) is 1. The molecule has 2 nitrogen and oxygen atoms in total. The molecule has 0 aliphatic carbocycles. The Hall–Kier alpha value is -0.290. The number of halogens is 3. The van der Waals surface area contributed by atoms with Crippen molar-refractivity contribution in [3.63, 3.8) is 0 Å². The first-order valence-electron chi connectivity index (χ1n) is 5.82. The van der Waals surface area contributed by atoms with E-state index in [0.717, 1.165) is 12.8 Å². The van der Waals surface area contributed by atoms with Gasteiger partial charge in [0.05, 0.1) is 12.6 Å². The third kappa shape index (κ3) is 10.2. The molecule has 0 bridgehead atoms. The third-order valence-electron chi connectivity index (χ3n) is 2.29. The average Bonchev–Trinajstić information content (AvgIpc) is 2.09. The van der Waals surface area contributed by atoms with Gasteiger partial charge in [0.1, 0.15) is 0 Å². The fourth-order valence-electron chi connectivity index (χ4n) is 1.61. The SMILES string of the molecule is CCCN(CCCCC(C)O)CC(F)(F)F. The largest absolute Gasteiger partial charge is 0.401 e. The molecule has 0 spiro atoms. The van der Waals surface area contributed by atoms with E-state index < -0.39 is 12.7 Å². The summed E-state index contributed by atoms with van der Waals surface area (Å²) in [5, 5.41) is 9.01. The van der Waals surface area contributed by atoms with Gasteiger partial charge in [-0.2, -0.15) is 13.2 Å². The molecular weight excluding hydrogens is 219 g/mol. The smallest absolute Gasteiger partial charge is 0.393 e. The number of hydrogen-bond acceptors (Lipinski definition) is 2. The van der Waals surface area contributed by atoms with E-state index in [2.05, 4.69) is 0 Å². The Morgan fingerprint density at radius 1 is 1.19 bits per heavy atom. The summed E-state index contributed by atoms with van der Waals surface area (Å²) in [6, 6.07) is 0. The van der Waals surface area contributed by atoms with E-state index in [1.54, 1.807) is 6.92 Å². The lowest BCUT2D eigenvalue weighted by molar-refractivity contribution is -0.146. The topological polar surface area (TPSA) is 23.5 Å². The molecule has 98 valence electrons. The Morgan fingerprint density at radius 3 is 2.25 bits per heavy atom. The molecule has 0 aliphatic rings. The molecule has 1 N–H and O–H groups in total. The Balaban J connectivity index is 3.76. The highest BCUT2D eigenvalue weighted by Gasteiger charge is 2.29. The number of aliphatic hydroxyl groups is 1. The quantitative estimate of drug-likeness (QED) is 0.660. The Kier molecular flexibility index (Phi) is 7.76. The Morgan fingerprint density at radius 2 is 1.81 bits per heavy atom. The van der Waals surface area contributed by atoms with Crippen LogP contribution < -0.4 is 0 Å². The number of rotatable bonds is 8. The van der Waals surface area contributed by atoms with Gasteiger partial charge in [0, 0.05) is 0 Å². The maximum Gasteiger partial charge on any atom is 0.401 e. The molecule has 0 heterocycles. The summed E-state index contributed by atoms with van der Waals surface area (Å²) in [5.41, 5.74) is 0. The minimum Gasteiger partial charge on any atom is -0.393 e. The maximum atomic E-state index is 12.2. The average molecular weight is 241 g/mol. The molecule has 0 fully saturated rings. The van der Waals surface area contributed by atoms with Gasteiger partial charge >= 0.3 is 6.18 Å². The van der Waals surface area contributed by atoms with Crippen molar-refractivity contribution in [2.75, 3.05) is 19.6 Å². The molecule has 16 heavy (non-hydrogen) atoms. The second-order valence-electron chi connectivity index (χ2n) is 4.24. The summed E-state index contributed by atoms with van der Waals surface area (Å²) in [6.45, 7) is 3.68. The van der Waals surface area contributed by atoms with Crippen LogP contribution in [0.5, 0.6) is 0 Å². The number of aliphatic hydroxyl groups excluding tert-OH is 1. The van der Waals surface area contributed by atoms with Crippen LogP contribution in [0.2, 0.25) is 0 Å². The van der Waals surface area contributed by atoms with Crippen molar-refractivity contribution in [3.8, 4) is 0 Å². The van der Waals surface area contributed by atoms with E-state index in [4.69, 9.17) is 5.11 Å². The van der Waals surface area contributed by atoms with Crippen LogP contribution in [0.25, 0.3) is 0 Å². The Bertz CT molecular complexity index is 171. The zero-order valence-corrected chi connectivity index (χ0v) is 10.1. The summed E-state index contributed by atoms with van der Waals surface area (Å²) < 4.78 is 36.6. The highest BCUT2D eigenvalue weighted by molar-refractivity contribution is 4.63. The molecule has 0 rings (SSSR count). The monoisotopic (exact) mass is 241 g/mol. The molecule has 0 saturated heterocycles. The van der Waals surface area contributed by atoms with Crippen molar-refractivity contribution < 1.29 is 18.3 Å². The van der Waals surface area contributed by atoms with Gasteiger partial charge in [-0.1, -0.05) is 6.92 Å². The van der Waals surface area contributed by atoms with Gasteiger partial charge in [-0.25, -0.2) is 0 Å². The molecule has 0 aliphatic heterocycles. The fraction of sp³-hybridized carbons (Fsp3) is 1.00. The van der Waals surface area contributed by atoms with Crippen LogP contribution in [-0.2, 0) is 0 Å². The number of hydrogen-bond donors (Lipinski definition) is 1. The van der Waals surface area contributed by atoms with Crippen molar-refractivity contribution in [2.24, 2.45) is 0 Å². The van der Waals surface area contributed by atoms with E-state index in [9.17, 15) is 13.2 Å². The van der Waals surface area contributed by atoms with E-state index >= 15 is 0 Å². The van der Waals surface area contributed by atoms with Crippen molar-refractivity contribution in [3.05, 3.63) is 0 Å². The first-order chi connectivity index (χ1) is 7.35. The van der Waals surface area contributed by atoms with Gasteiger partial charge in [-0.05, 0) is 45.7 Å². The lowest BCUT2D eigenvalue weighted by Gasteiger charge is -2.23. The summed E-state index contributed by atoms with van der Waals surface area (Å²) >= 11 is 0. The van der Waals surface area contributed by atoms with Crippen LogP contribution in [0.3, 0.4) is 0 Å².